The molecule has 2 saturated heterocycles. The maximum Gasteiger partial charge on any atom is 0.272 e. The zero-order chi connectivity index (χ0) is 16.8. The van der Waals surface area contributed by atoms with Crippen LogP contribution in [-0.4, -0.2) is 51.1 Å². The summed E-state index contributed by atoms with van der Waals surface area (Å²) in [6.45, 7) is 0. The maximum atomic E-state index is 12.6. The Morgan fingerprint density at radius 1 is 1.38 bits per heavy atom. The number of H-pyrrole nitrogens is 1. The van der Waals surface area contributed by atoms with E-state index in [4.69, 9.17) is 0 Å². The molecule has 2 N–H and O–H groups in total. The number of aromatic nitrogens is 2. The lowest BCUT2D eigenvalue weighted by Gasteiger charge is -2.36. The molecule has 2 aromatic rings. The molecule has 1 aromatic heterocycles. The molecule has 2 aliphatic heterocycles. The number of piperidine rings is 1. The Morgan fingerprint density at radius 3 is 2.75 bits per heavy atom. The summed E-state index contributed by atoms with van der Waals surface area (Å²) in [4.78, 5) is 25.4. The minimum absolute atomic E-state index is 0.0231. The Labute approximate surface area is 138 Å². The number of non-ortho nitro benzene ring substituents is 1. The molecule has 3 heterocycles. The molecule has 0 spiro atoms. The second-order valence-electron chi connectivity index (χ2n) is 6.75. The van der Waals surface area contributed by atoms with Crippen molar-refractivity contribution in [2.75, 3.05) is 7.05 Å². The molecule has 2 aliphatic rings. The molecule has 2 bridgehead atoms. The highest BCUT2D eigenvalue weighted by atomic mass is 16.6. The number of hydrogen-bond donors (Lipinski definition) is 2. The zero-order valence-corrected chi connectivity index (χ0v) is 13.4. The molecular formula is C16H19N5O3. The van der Waals surface area contributed by atoms with Crippen molar-refractivity contribution in [3.05, 3.63) is 34.0 Å². The predicted molar refractivity (Wildman–Crippen MR) is 87.8 cm³/mol. The summed E-state index contributed by atoms with van der Waals surface area (Å²) in [5.74, 6) is -0.218. The van der Waals surface area contributed by atoms with E-state index < -0.39 is 4.92 Å². The average Bonchev–Trinajstić information content (AvgIpc) is 3.05. The highest BCUT2D eigenvalue weighted by Crippen LogP contribution is 2.34. The number of rotatable bonds is 3. The van der Waals surface area contributed by atoms with Gasteiger partial charge in [0.25, 0.3) is 11.6 Å². The van der Waals surface area contributed by atoms with Crippen LogP contribution in [0, 0.1) is 10.1 Å². The Bertz CT molecular complexity index is 803. The van der Waals surface area contributed by atoms with Crippen molar-refractivity contribution in [3.63, 3.8) is 0 Å². The first-order valence-corrected chi connectivity index (χ1v) is 8.18. The molecule has 126 valence electrons. The number of aromatic amines is 1. The molecule has 0 unspecified atom stereocenters. The second kappa shape index (κ2) is 5.55. The van der Waals surface area contributed by atoms with Crippen molar-refractivity contribution < 1.29 is 9.72 Å². The smallest absolute Gasteiger partial charge is 0.272 e. The van der Waals surface area contributed by atoms with E-state index in [1.807, 2.05) is 0 Å². The van der Waals surface area contributed by atoms with Crippen LogP contribution in [0.25, 0.3) is 10.9 Å². The van der Waals surface area contributed by atoms with Gasteiger partial charge in [0.2, 0.25) is 0 Å². The first kappa shape index (κ1) is 15.1. The van der Waals surface area contributed by atoms with Gasteiger partial charge in [0, 0.05) is 35.6 Å². The topological polar surface area (TPSA) is 104 Å². The number of fused-ring (bicyclic) bond motifs is 3. The normalized spacial score (nSPS) is 26.6. The highest BCUT2D eigenvalue weighted by molar-refractivity contribution is 6.05. The van der Waals surface area contributed by atoms with Crippen molar-refractivity contribution in [1.29, 1.82) is 0 Å². The fourth-order valence-electron chi connectivity index (χ4n) is 4.08. The van der Waals surface area contributed by atoms with Gasteiger partial charge in [-0.3, -0.25) is 20.0 Å². The van der Waals surface area contributed by atoms with Gasteiger partial charge in [-0.15, -0.1) is 0 Å². The Morgan fingerprint density at radius 2 is 2.08 bits per heavy atom. The first-order valence-electron chi connectivity index (χ1n) is 8.18. The van der Waals surface area contributed by atoms with E-state index >= 15 is 0 Å². The molecular weight excluding hydrogens is 310 g/mol. The molecule has 0 saturated carbocycles. The minimum atomic E-state index is -0.464. The number of nitrogens with one attached hydrogen (secondary N) is 2. The second-order valence-corrected chi connectivity index (χ2v) is 6.75. The lowest BCUT2D eigenvalue weighted by Crippen LogP contribution is -2.48. The summed E-state index contributed by atoms with van der Waals surface area (Å²) in [7, 11) is 2.16. The third-order valence-corrected chi connectivity index (χ3v) is 5.41. The lowest BCUT2D eigenvalue weighted by atomic mass is 9.98. The first-order chi connectivity index (χ1) is 11.5. The summed E-state index contributed by atoms with van der Waals surface area (Å²) in [6.07, 6.45) is 4.32. The van der Waals surface area contributed by atoms with E-state index in [1.165, 1.54) is 25.0 Å². The van der Waals surface area contributed by atoms with Gasteiger partial charge >= 0.3 is 0 Å². The number of carbonyl (C=O) groups is 1. The van der Waals surface area contributed by atoms with Crippen LogP contribution in [0.3, 0.4) is 0 Å². The fraction of sp³-hybridized carbons (Fsp3) is 0.500. The van der Waals surface area contributed by atoms with Crippen molar-refractivity contribution in [2.24, 2.45) is 0 Å². The summed E-state index contributed by atoms with van der Waals surface area (Å²) >= 11 is 0. The lowest BCUT2D eigenvalue weighted by molar-refractivity contribution is -0.384. The van der Waals surface area contributed by atoms with Crippen molar-refractivity contribution in [1.82, 2.24) is 20.4 Å². The number of nitro groups is 1. The van der Waals surface area contributed by atoms with Crippen LogP contribution in [0.2, 0.25) is 0 Å². The van der Waals surface area contributed by atoms with Crippen molar-refractivity contribution >= 4 is 22.5 Å². The number of benzene rings is 1. The largest absolute Gasteiger partial charge is 0.348 e. The summed E-state index contributed by atoms with van der Waals surface area (Å²) in [5, 5.41) is 21.3. The molecule has 24 heavy (non-hydrogen) atoms. The number of carbonyl (C=O) groups excluding carboxylic acids is 1. The standard InChI is InChI=1S/C16H19N5O3/c1-20-10-2-3-11(20)7-9(6-10)17-16(22)15-13-5-4-12(21(23)24)8-14(13)18-19-15/h4-5,8-11H,2-3,6-7H2,1H3,(H,17,22)(H,18,19)/t9-,10-,11+. The van der Waals surface area contributed by atoms with E-state index in [2.05, 4.69) is 27.5 Å². The van der Waals surface area contributed by atoms with Crippen LogP contribution < -0.4 is 5.32 Å². The Balaban J connectivity index is 1.53. The van der Waals surface area contributed by atoms with Crippen molar-refractivity contribution in [2.45, 2.75) is 43.8 Å². The summed E-state index contributed by atoms with van der Waals surface area (Å²) in [6, 6.07) is 5.63. The van der Waals surface area contributed by atoms with E-state index in [1.54, 1.807) is 6.07 Å². The molecule has 2 fully saturated rings. The monoisotopic (exact) mass is 329 g/mol. The van der Waals surface area contributed by atoms with Gasteiger partial charge in [-0.05, 0) is 38.8 Å². The minimum Gasteiger partial charge on any atom is -0.348 e. The number of hydrogen-bond acceptors (Lipinski definition) is 5. The van der Waals surface area contributed by atoms with Crippen LogP contribution in [-0.2, 0) is 0 Å². The van der Waals surface area contributed by atoms with Gasteiger partial charge < -0.3 is 10.2 Å². The van der Waals surface area contributed by atoms with Gasteiger partial charge in [-0.2, -0.15) is 5.10 Å². The average molecular weight is 329 g/mol. The fourth-order valence-corrected chi connectivity index (χ4v) is 4.08. The van der Waals surface area contributed by atoms with Crippen molar-refractivity contribution in [3.8, 4) is 0 Å². The highest BCUT2D eigenvalue weighted by Gasteiger charge is 2.39. The van der Waals surface area contributed by atoms with Crippen LogP contribution in [0.15, 0.2) is 18.2 Å². The SMILES string of the molecule is CN1[C@@H]2CC[C@H]1C[C@H](NC(=O)c1n[nH]c3cc([N+](=O)[O-])ccc13)C2. The zero-order valence-electron chi connectivity index (χ0n) is 13.4. The molecule has 4 rings (SSSR count). The third kappa shape index (κ3) is 2.43. The quantitative estimate of drug-likeness (QED) is 0.660. The molecule has 0 aliphatic carbocycles. The molecule has 1 aromatic carbocycles. The van der Waals surface area contributed by atoms with E-state index in [0.29, 0.717) is 28.7 Å². The predicted octanol–water partition coefficient (Wildman–Crippen LogP) is 1.83. The van der Waals surface area contributed by atoms with Crippen LogP contribution >= 0.6 is 0 Å². The summed E-state index contributed by atoms with van der Waals surface area (Å²) < 4.78 is 0. The molecule has 8 nitrogen and oxygen atoms in total. The number of nitrogens with zero attached hydrogens (tertiary/aromatic N) is 3. The number of nitro benzene ring substituents is 1. The maximum absolute atomic E-state index is 12.6. The molecule has 1 amide bonds. The van der Waals surface area contributed by atoms with Gasteiger partial charge in [0.15, 0.2) is 5.69 Å². The molecule has 0 radical (unpaired) electrons. The van der Waals surface area contributed by atoms with E-state index in [0.717, 1.165) is 12.8 Å². The van der Waals surface area contributed by atoms with Crippen LogP contribution in [0.4, 0.5) is 5.69 Å². The van der Waals surface area contributed by atoms with E-state index in [-0.39, 0.29) is 17.6 Å². The molecule has 3 atom stereocenters. The van der Waals surface area contributed by atoms with Gasteiger partial charge in [-0.25, -0.2) is 0 Å². The van der Waals surface area contributed by atoms with Gasteiger partial charge in [0.05, 0.1) is 10.4 Å². The molecule has 8 heteroatoms. The third-order valence-electron chi connectivity index (χ3n) is 5.41. The van der Waals surface area contributed by atoms with Gasteiger partial charge in [-0.1, -0.05) is 0 Å². The van der Waals surface area contributed by atoms with Gasteiger partial charge in [0.1, 0.15) is 0 Å². The number of amides is 1. The van der Waals surface area contributed by atoms with E-state index in [9.17, 15) is 14.9 Å². The summed E-state index contributed by atoms with van der Waals surface area (Å²) in [5.41, 5.74) is 0.772. The Kier molecular flexibility index (Phi) is 3.49. The van der Waals surface area contributed by atoms with Crippen LogP contribution in [0.1, 0.15) is 36.2 Å². The van der Waals surface area contributed by atoms with Crippen LogP contribution in [0.5, 0.6) is 0 Å². The Hall–Kier alpha value is -2.48.